The lowest BCUT2D eigenvalue weighted by Crippen LogP contribution is -2.57. The van der Waals surface area contributed by atoms with Crippen molar-refractivity contribution in [2.75, 3.05) is 51.3 Å². The number of rotatable bonds is 6. The number of anilines is 1. The van der Waals surface area contributed by atoms with Crippen LogP contribution in [0.25, 0.3) is 0 Å². The number of likely N-dealkylation sites (tertiary alicyclic amines) is 1. The maximum absolute atomic E-state index is 13.1. The molecule has 2 heterocycles. The molecule has 3 atom stereocenters. The van der Waals surface area contributed by atoms with Gasteiger partial charge in [0.1, 0.15) is 0 Å². The van der Waals surface area contributed by atoms with Crippen LogP contribution in [0.4, 0.5) is 10.5 Å². The number of aryl methyl sites for hydroxylation is 1. The summed E-state index contributed by atoms with van der Waals surface area (Å²) in [7, 11) is 0. The molecule has 2 aliphatic rings. The topological polar surface area (TPSA) is 73.9 Å². The molecule has 2 N–H and O–H groups in total. The zero-order chi connectivity index (χ0) is 23.3. The number of nitrogens with one attached hydrogen (secondary N) is 2. The van der Waals surface area contributed by atoms with Crippen molar-refractivity contribution < 1.29 is 14.3 Å². The number of carbonyl (C=O) groups excluding carboxylic acids is 2. The van der Waals surface area contributed by atoms with Crippen LogP contribution in [-0.2, 0) is 4.74 Å². The molecular formula is C25H40N4O3. The third-order valence-corrected chi connectivity index (χ3v) is 7.05. The van der Waals surface area contributed by atoms with Crippen molar-refractivity contribution in [2.24, 2.45) is 11.8 Å². The lowest BCUT2D eigenvalue weighted by atomic mass is 9.91. The van der Waals surface area contributed by atoms with Crippen LogP contribution in [0.5, 0.6) is 0 Å². The lowest BCUT2D eigenvalue weighted by Gasteiger charge is -2.43. The van der Waals surface area contributed by atoms with Crippen molar-refractivity contribution in [3.8, 4) is 0 Å². The number of piperidine rings is 1. The van der Waals surface area contributed by atoms with E-state index in [-0.39, 0.29) is 17.5 Å². The van der Waals surface area contributed by atoms with Gasteiger partial charge in [-0.3, -0.25) is 9.69 Å². The first-order chi connectivity index (χ1) is 15.2. The van der Waals surface area contributed by atoms with E-state index in [1.807, 2.05) is 30.0 Å². The first-order valence-electron chi connectivity index (χ1n) is 12.0. The molecule has 0 unspecified atom stereocenters. The molecular weight excluding hydrogens is 404 g/mol. The van der Waals surface area contributed by atoms with E-state index in [1.165, 1.54) is 0 Å². The highest BCUT2D eigenvalue weighted by atomic mass is 16.5. The fourth-order valence-electron chi connectivity index (χ4n) is 4.90. The Morgan fingerprint density at radius 3 is 2.44 bits per heavy atom. The van der Waals surface area contributed by atoms with Crippen LogP contribution in [0.15, 0.2) is 18.2 Å². The van der Waals surface area contributed by atoms with E-state index in [4.69, 9.17) is 4.74 Å². The van der Waals surface area contributed by atoms with Crippen LogP contribution >= 0.6 is 0 Å². The number of morpholine rings is 1. The Kier molecular flexibility index (Phi) is 8.17. The number of urea groups is 1. The predicted octanol–water partition coefficient (Wildman–Crippen LogP) is 3.74. The lowest BCUT2D eigenvalue weighted by molar-refractivity contribution is -0.0163. The first-order valence-corrected chi connectivity index (χ1v) is 12.0. The Balaban J connectivity index is 1.62. The normalized spacial score (nSPS) is 24.0. The predicted molar refractivity (Wildman–Crippen MR) is 128 cm³/mol. The average molecular weight is 445 g/mol. The number of amides is 3. The highest BCUT2D eigenvalue weighted by molar-refractivity contribution is 5.97. The van der Waals surface area contributed by atoms with Crippen molar-refractivity contribution >= 4 is 17.6 Å². The molecule has 0 spiro atoms. The molecule has 1 aromatic carbocycles. The molecule has 32 heavy (non-hydrogen) atoms. The third-order valence-electron chi connectivity index (χ3n) is 7.05. The molecule has 3 rings (SSSR count). The van der Waals surface area contributed by atoms with Gasteiger partial charge < -0.3 is 20.3 Å². The summed E-state index contributed by atoms with van der Waals surface area (Å²) in [5, 5.41) is 6.00. The molecule has 2 fully saturated rings. The second-order valence-electron chi connectivity index (χ2n) is 9.94. The number of ether oxygens (including phenoxy) is 1. The summed E-state index contributed by atoms with van der Waals surface area (Å²) in [6, 6.07) is 5.33. The van der Waals surface area contributed by atoms with Crippen molar-refractivity contribution in [2.45, 2.75) is 53.0 Å². The van der Waals surface area contributed by atoms with Crippen molar-refractivity contribution in [3.63, 3.8) is 0 Å². The summed E-state index contributed by atoms with van der Waals surface area (Å²) in [4.78, 5) is 30.1. The smallest absolute Gasteiger partial charge is 0.319 e. The van der Waals surface area contributed by atoms with Crippen LogP contribution in [0, 0.1) is 18.8 Å². The molecule has 0 radical (unpaired) electrons. The van der Waals surface area contributed by atoms with E-state index in [9.17, 15) is 9.59 Å². The number of hydrogen-bond donors (Lipinski definition) is 2. The van der Waals surface area contributed by atoms with Gasteiger partial charge in [-0.2, -0.15) is 0 Å². The SMILES string of the molecule is CC[C@](C)(CNC(=O)Nc1cc(C(=O)N2C[C@@H](C)C[C@H](C)C2)ccc1C)N1CCOCC1. The van der Waals surface area contributed by atoms with E-state index in [1.54, 1.807) is 0 Å². The first kappa shape index (κ1) is 24.5. The van der Waals surface area contributed by atoms with E-state index >= 15 is 0 Å². The highest BCUT2D eigenvalue weighted by Crippen LogP contribution is 2.25. The molecule has 2 saturated heterocycles. The maximum atomic E-state index is 13.1. The van der Waals surface area contributed by atoms with Gasteiger partial charge >= 0.3 is 6.03 Å². The van der Waals surface area contributed by atoms with Crippen molar-refractivity contribution in [3.05, 3.63) is 29.3 Å². The third kappa shape index (κ3) is 6.01. The standard InChI is InChI=1S/C25H40N4O3/c1-6-25(5,29-9-11-32-12-10-29)17-26-24(31)27-22-14-21(8-7-20(22)4)23(30)28-15-18(2)13-19(3)16-28/h7-8,14,18-19H,6,9-13,15-17H2,1-5H3,(H2,26,27,31)/t18-,19-,25+/m0/s1. The summed E-state index contributed by atoms with van der Waals surface area (Å²) in [6.07, 6.45) is 2.09. The van der Waals surface area contributed by atoms with Crippen molar-refractivity contribution in [1.82, 2.24) is 15.1 Å². The number of carbonyl (C=O) groups is 2. The van der Waals surface area contributed by atoms with Gasteiger partial charge in [0.15, 0.2) is 0 Å². The van der Waals surface area contributed by atoms with Crippen LogP contribution in [-0.4, -0.2) is 73.2 Å². The molecule has 0 saturated carbocycles. The Bertz CT molecular complexity index is 798. The zero-order valence-corrected chi connectivity index (χ0v) is 20.4. The van der Waals surface area contributed by atoms with Gasteiger partial charge in [-0.05, 0) is 56.2 Å². The summed E-state index contributed by atoms with van der Waals surface area (Å²) in [5.41, 5.74) is 2.12. The van der Waals surface area contributed by atoms with Crippen LogP contribution in [0.3, 0.4) is 0 Å². The minimum Gasteiger partial charge on any atom is -0.379 e. The molecule has 0 aliphatic carbocycles. The largest absolute Gasteiger partial charge is 0.379 e. The monoisotopic (exact) mass is 444 g/mol. The molecule has 0 aromatic heterocycles. The van der Waals surface area contributed by atoms with E-state index < -0.39 is 0 Å². The number of hydrogen-bond acceptors (Lipinski definition) is 4. The fraction of sp³-hybridized carbons (Fsp3) is 0.680. The Morgan fingerprint density at radius 1 is 1.16 bits per heavy atom. The van der Waals surface area contributed by atoms with Crippen molar-refractivity contribution in [1.29, 1.82) is 0 Å². The average Bonchev–Trinajstić information content (AvgIpc) is 2.78. The quantitative estimate of drug-likeness (QED) is 0.701. The second kappa shape index (κ2) is 10.7. The molecule has 2 aliphatic heterocycles. The van der Waals surface area contributed by atoms with Crippen LogP contribution < -0.4 is 10.6 Å². The van der Waals surface area contributed by atoms with E-state index in [0.717, 1.165) is 57.8 Å². The molecule has 7 heteroatoms. The van der Waals surface area contributed by atoms with Gasteiger partial charge in [0, 0.05) is 49.5 Å². The number of nitrogens with zero attached hydrogens (tertiary/aromatic N) is 2. The van der Waals surface area contributed by atoms with E-state index in [0.29, 0.717) is 29.6 Å². The van der Waals surface area contributed by atoms with Crippen LogP contribution in [0.1, 0.15) is 56.5 Å². The minimum absolute atomic E-state index is 0.0396. The summed E-state index contributed by atoms with van der Waals surface area (Å²) >= 11 is 0. The molecule has 178 valence electrons. The summed E-state index contributed by atoms with van der Waals surface area (Å²) in [6.45, 7) is 16.0. The molecule has 7 nitrogen and oxygen atoms in total. The second-order valence-corrected chi connectivity index (χ2v) is 9.94. The summed E-state index contributed by atoms with van der Waals surface area (Å²) < 4.78 is 5.47. The zero-order valence-electron chi connectivity index (χ0n) is 20.4. The maximum Gasteiger partial charge on any atom is 0.319 e. The Hall–Kier alpha value is -2.12. The number of benzene rings is 1. The summed E-state index contributed by atoms with van der Waals surface area (Å²) in [5.74, 6) is 1.06. The van der Waals surface area contributed by atoms with E-state index in [2.05, 4.69) is 43.2 Å². The molecule has 3 amide bonds. The van der Waals surface area contributed by atoms with Gasteiger partial charge in [0.05, 0.1) is 13.2 Å². The Morgan fingerprint density at radius 2 is 1.81 bits per heavy atom. The van der Waals surface area contributed by atoms with Gasteiger partial charge in [0.2, 0.25) is 0 Å². The molecule has 0 bridgehead atoms. The van der Waals surface area contributed by atoms with Gasteiger partial charge in [-0.25, -0.2) is 4.79 Å². The highest BCUT2D eigenvalue weighted by Gasteiger charge is 2.32. The van der Waals surface area contributed by atoms with Gasteiger partial charge in [-0.1, -0.05) is 26.8 Å². The van der Waals surface area contributed by atoms with Crippen LogP contribution in [0.2, 0.25) is 0 Å². The minimum atomic E-state index is -0.245. The fourth-order valence-corrected chi connectivity index (χ4v) is 4.90. The van der Waals surface area contributed by atoms with Gasteiger partial charge in [-0.15, -0.1) is 0 Å². The van der Waals surface area contributed by atoms with Gasteiger partial charge in [0.25, 0.3) is 5.91 Å². The Labute approximate surface area is 192 Å². The molecule has 1 aromatic rings.